The minimum atomic E-state index is 0.0781. The van der Waals surface area contributed by atoms with Crippen molar-refractivity contribution in [1.82, 2.24) is 15.1 Å². The van der Waals surface area contributed by atoms with Gasteiger partial charge in [-0.2, -0.15) is 0 Å². The molecule has 1 amide bonds. The molecule has 1 aliphatic heterocycles. The van der Waals surface area contributed by atoms with Gasteiger partial charge in [0.1, 0.15) is 0 Å². The number of carbonyl (C=O) groups is 1. The van der Waals surface area contributed by atoms with E-state index in [0.29, 0.717) is 12.5 Å². The van der Waals surface area contributed by atoms with Crippen molar-refractivity contribution in [2.75, 3.05) is 45.9 Å². The lowest BCUT2D eigenvalue weighted by Gasteiger charge is -2.34. The molecule has 1 heterocycles. The number of β-amino-alcohol motifs (C(OH)–C–C–N with tert-alkyl or cyclic N) is 1. The molecule has 1 saturated heterocycles. The molecule has 1 unspecified atom stereocenters. The Balaban J connectivity index is 1.85. The average Bonchev–Trinajstić information content (AvgIpc) is 2.57. The van der Waals surface area contributed by atoms with Gasteiger partial charge in [-0.3, -0.25) is 14.6 Å². The zero-order valence-electron chi connectivity index (χ0n) is 14.9. The number of benzene rings is 1. The molecular weight excluding hydrogens is 302 g/mol. The number of aliphatic hydroxyl groups is 1. The van der Waals surface area contributed by atoms with E-state index < -0.39 is 0 Å². The SMILES string of the molecule is CC(C)CC(NC(=O)CN1CCN(CCO)CC1)c1ccccc1. The molecule has 0 aliphatic carbocycles. The third-order valence-electron chi connectivity index (χ3n) is 4.49. The van der Waals surface area contributed by atoms with Crippen LogP contribution >= 0.6 is 0 Å². The lowest BCUT2D eigenvalue weighted by Crippen LogP contribution is -2.50. The van der Waals surface area contributed by atoms with Gasteiger partial charge in [-0.1, -0.05) is 44.2 Å². The summed E-state index contributed by atoms with van der Waals surface area (Å²) in [6.45, 7) is 9.35. The molecule has 1 aliphatic rings. The second-order valence-electron chi connectivity index (χ2n) is 7.00. The normalized spacial score (nSPS) is 17.8. The molecule has 0 aromatic heterocycles. The van der Waals surface area contributed by atoms with Crippen molar-refractivity contribution in [3.8, 4) is 0 Å². The minimum Gasteiger partial charge on any atom is -0.395 e. The van der Waals surface area contributed by atoms with Gasteiger partial charge in [-0.15, -0.1) is 0 Å². The summed E-state index contributed by atoms with van der Waals surface area (Å²) in [5.74, 6) is 0.623. The van der Waals surface area contributed by atoms with Crippen LogP contribution in [0.1, 0.15) is 31.9 Å². The van der Waals surface area contributed by atoms with Gasteiger partial charge in [0.05, 0.1) is 19.2 Å². The van der Waals surface area contributed by atoms with Crippen LogP contribution in [0.5, 0.6) is 0 Å². The van der Waals surface area contributed by atoms with Crippen LogP contribution < -0.4 is 5.32 Å². The molecular formula is C19H31N3O2. The Morgan fingerprint density at radius 3 is 2.33 bits per heavy atom. The van der Waals surface area contributed by atoms with Crippen LogP contribution in [0.4, 0.5) is 0 Å². The summed E-state index contributed by atoms with van der Waals surface area (Å²) in [6, 6.07) is 10.3. The van der Waals surface area contributed by atoms with Crippen LogP contribution in [0, 0.1) is 5.92 Å². The number of piperazine rings is 1. The van der Waals surface area contributed by atoms with Gasteiger partial charge >= 0.3 is 0 Å². The maximum atomic E-state index is 12.5. The Morgan fingerprint density at radius 1 is 1.12 bits per heavy atom. The van der Waals surface area contributed by atoms with Gasteiger partial charge in [0.2, 0.25) is 5.91 Å². The summed E-state index contributed by atoms with van der Waals surface area (Å²) in [6.07, 6.45) is 0.944. The molecule has 1 fully saturated rings. The first-order valence-electron chi connectivity index (χ1n) is 8.98. The van der Waals surface area contributed by atoms with Gasteiger partial charge in [0.15, 0.2) is 0 Å². The molecule has 2 N–H and O–H groups in total. The lowest BCUT2D eigenvalue weighted by atomic mass is 9.97. The highest BCUT2D eigenvalue weighted by Crippen LogP contribution is 2.21. The van der Waals surface area contributed by atoms with Crippen molar-refractivity contribution >= 4 is 5.91 Å². The van der Waals surface area contributed by atoms with Gasteiger partial charge in [-0.05, 0) is 17.9 Å². The smallest absolute Gasteiger partial charge is 0.234 e. The maximum Gasteiger partial charge on any atom is 0.234 e. The fourth-order valence-electron chi connectivity index (χ4n) is 3.19. The summed E-state index contributed by atoms with van der Waals surface area (Å²) in [7, 11) is 0. The zero-order valence-corrected chi connectivity index (χ0v) is 14.9. The molecule has 1 aromatic rings. The van der Waals surface area contributed by atoms with Crippen molar-refractivity contribution in [3.63, 3.8) is 0 Å². The monoisotopic (exact) mass is 333 g/mol. The van der Waals surface area contributed by atoms with Crippen molar-refractivity contribution in [2.45, 2.75) is 26.3 Å². The largest absolute Gasteiger partial charge is 0.395 e. The van der Waals surface area contributed by atoms with Crippen LogP contribution in [-0.4, -0.2) is 66.7 Å². The molecule has 1 aromatic carbocycles. The Hall–Kier alpha value is -1.43. The number of aliphatic hydroxyl groups excluding tert-OH is 1. The van der Waals surface area contributed by atoms with Crippen molar-refractivity contribution in [2.24, 2.45) is 5.92 Å². The summed E-state index contributed by atoms with van der Waals surface area (Å²) in [5.41, 5.74) is 1.17. The molecule has 1 atom stereocenters. The molecule has 0 spiro atoms. The Bertz CT molecular complexity index is 485. The van der Waals surface area contributed by atoms with Gasteiger partial charge < -0.3 is 10.4 Å². The Kier molecular flexibility index (Phi) is 7.69. The molecule has 0 saturated carbocycles. The second-order valence-corrected chi connectivity index (χ2v) is 7.00. The van der Waals surface area contributed by atoms with E-state index in [2.05, 4.69) is 41.1 Å². The lowest BCUT2D eigenvalue weighted by molar-refractivity contribution is -0.123. The quantitative estimate of drug-likeness (QED) is 0.757. The van der Waals surface area contributed by atoms with E-state index in [0.717, 1.165) is 39.1 Å². The highest BCUT2D eigenvalue weighted by atomic mass is 16.3. The number of hydrogen-bond donors (Lipinski definition) is 2. The van der Waals surface area contributed by atoms with Crippen LogP contribution in [0.2, 0.25) is 0 Å². The predicted octanol–water partition coefficient (Wildman–Crippen LogP) is 1.50. The molecule has 0 radical (unpaired) electrons. The third kappa shape index (κ3) is 6.23. The standard InChI is InChI=1S/C19H31N3O2/c1-16(2)14-18(17-6-4-3-5-7-17)20-19(24)15-22-10-8-21(9-11-22)12-13-23/h3-7,16,18,23H,8-15H2,1-2H3,(H,20,24). The number of nitrogens with one attached hydrogen (secondary N) is 1. The molecule has 134 valence electrons. The summed E-state index contributed by atoms with van der Waals surface area (Å²) >= 11 is 0. The van der Waals surface area contributed by atoms with E-state index >= 15 is 0 Å². The molecule has 0 bridgehead atoms. The summed E-state index contributed by atoms with van der Waals surface area (Å²) < 4.78 is 0. The van der Waals surface area contributed by atoms with Crippen LogP contribution in [-0.2, 0) is 4.79 Å². The van der Waals surface area contributed by atoms with Gasteiger partial charge in [-0.25, -0.2) is 0 Å². The van der Waals surface area contributed by atoms with E-state index in [-0.39, 0.29) is 18.6 Å². The first-order chi connectivity index (χ1) is 11.6. The van der Waals surface area contributed by atoms with Crippen LogP contribution in [0.15, 0.2) is 30.3 Å². The zero-order chi connectivity index (χ0) is 17.4. The van der Waals surface area contributed by atoms with E-state index in [1.54, 1.807) is 0 Å². The van der Waals surface area contributed by atoms with E-state index in [1.165, 1.54) is 5.56 Å². The fourth-order valence-corrected chi connectivity index (χ4v) is 3.19. The third-order valence-corrected chi connectivity index (χ3v) is 4.49. The first-order valence-corrected chi connectivity index (χ1v) is 8.98. The van der Waals surface area contributed by atoms with Crippen molar-refractivity contribution in [1.29, 1.82) is 0 Å². The molecule has 5 nitrogen and oxygen atoms in total. The fraction of sp³-hybridized carbons (Fsp3) is 0.632. The predicted molar refractivity (Wildman–Crippen MR) is 96.7 cm³/mol. The molecule has 24 heavy (non-hydrogen) atoms. The van der Waals surface area contributed by atoms with E-state index in [4.69, 9.17) is 5.11 Å². The van der Waals surface area contributed by atoms with Crippen LogP contribution in [0.3, 0.4) is 0 Å². The Labute approximate surface area is 145 Å². The van der Waals surface area contributed by atoms with Gasteiger partial charge in [0, 0.05) is 32.7 Å². The Morgan fingerprint density at radius 2 is 1.75 bits per heavy atom. The minimum absolute atomic E-state index is 0.0781. The number of hydrogen-bond acceptors (Lipinski definition) is 4. The van der Waals surface area contributed by atoms with E-state index in [1.807, 2.05) is 18.2 Å². The van der Waals surface area contributed by atoms with Crippen molar-refractivity contribution in [3.05, 3.63) is 35.9 Å². The summed E-state index contributed by atoms with van der Waals surface area (Å²) in [4.78, 5) is 16.9. The van der Waals surface area contributed by atoms with E-state index in [9.17, 15) is 4.79 Å². The highest BCUT2D eigenvalue weighted by molar-refractivity contribution is 5.78. The molecule has 2 rings (SSSR count). The maximum absolute atomic E-state index is 12.5. The first kappa shape index (κ1) is 18.9. The topological polar surface area (TPSA) is 55.8 Å². The number of carbonyl (C=O) groups excluding carboxylic acids is 1. The average molecular weight is 333 g/mol. The van der Waals surface area contributed by atoms with Crippen LogP contribution in [0.25, 0.3) is 0 Å². The van der Waals surface area contributed by atoms with Crippen molar-refractivity contribution < 1.29 is 9.90 Å². The van der Waals surface area contributed by atoms with Gasteiger partial charge in [0.25, 0.3) is 0 Å². The second kappa shape index (κ2) is 9.77. The molecule has 5 heteroatoms. The highest BCUT2D eigenvalue weighted by Gasteiger charge is 2.21. The summed E-state index contributed by atoms with van der Waals surface area (Å²) in [5, 5.41) is 12.2. The number of rotatable bonds is 8. The number of amides is 1. The number of nitrogens with zero attached hydrogens (tertiary/aromatic N) is 2.